The van der Waals surface area contributed by atoms with E-state index in [1.807, 2.05) is 25.7 Å². The molecule has 5 rings (SSSR count). The van der Waals surface area contributed by atoms with Gasteiger partial charge in [0.05, 0.1) is 5.69 Å². The van der Waals surface area contributed by atoms with Crippen molar-refractivity contribution in [2.45, 2.75) is 96.6 Å². The SMILES string of the molecule is CN1CCC[C@H]1COc1nc2c(c(N3CCN(C(=O)OC(C)(C)C)CC3)n1)CCC1(CCCCC1)C2. The summed E-state index contributed by atoms with van der Waals surface area (Å²) in [6.45, 7) is 10.3. The Morgan fingerprint density at radius 1 is 1.00 bits per heavy atom. The molecule has 1 amide bonds. The van der Waals surface area contributed by atoms with Gasteiger partial charge in [-0.1, -0.05) is 19.3 Å². The summed E-state index contributed by atoms with van der Waals surface area (Å²) < 4.78 is 11.9. The molecule has 2 aliphatic carbocycles. The second-order valence-electron chi connectivity index (χ2n) is 12.5. The Balaban J connectivity index is 1.34. The molecule has 8 nitrogen and oxygen atoms in total. The van der Waals surface area contributed by atoms with Crippen molar-refractivity contribution < 1.29 is 14.3 Å². The average Bonchev–Trinajstić information content (AvgIpc) is 3.26. The first-order chi connectivity index (χ1) is 17.2. The third kappa shape index (κ3) is 5.74. The lowest BCUT2D eigenvalue weighted by Gasteiger charge is -2.42. The normalized spacial score (nSPS) is 24.6. The molecule has 0 aromatic carbocycles. The highest BCUT2D eigenvalue weighted by Crippen LogP contribution is 2.47. The zero-order valence-electron chi connectivity index (χ0n) is 22.9. The van der Waals surface area contributed by atoms with Crippen molar-refractivity contribution in [1.29, 1.82) is 0 Å². The lowest BCUT2D eigenvalue weighted by molar-refractivity contribution is 0.0240. The number of aromatic nitrogens is 2. The molecule has 3 heterocycles. The van der Waals surface area contributed by atoms with Crippen LogP contribution in [0.4, 0.5) is 10.6 Å². The van der Waals surface area contributed by atoms with Gasteiger partial charge in [0.25, 0.3) is 0 Å². The lowest BCUT2D eigenvalue weighted by Crippen LogP contribution is -2.50. The molecule has 0 unspecified atom stereocenters. The van der Waals surface area contributed by atoms with Gasteiger partial charge in [0.1, 0.15) is 18.0 Å². The van der Waals surface area contributed by atoms with E-state index in [1.165, 1.54) is 62.6 Å². The van der Waals surface area contributed by atoms with E-state index < -0.39 is 5.60 Å². The van der Waals surface area contributed by atoms with E-state index in [0.29, 0.717) is 37.2 Å². The fourth-order valence-electron chi connectivity index (χ4n) is 6.57. The van der Waals surface area contributed by atoms with Crippen molar-refractivity contribution in [3.63, 3.8) is 0 Å². The number of carbonyl (C=O) groups excluding carboxylic acids is 1. The van der Waals surface area contributed by atoms with E-state index in [4.69, 9.17) is 19.4 Å². The number of ether oxygens (including phenoxy) is 2. The number of hydrogen-bond donors (Lipinski definition) is 0. The zero-order chi connectivity index (χ0) is 25.3. The van der Waals surface area contributed by atoms with Crippen LogP contribution in [-0.2, 0) is 17.6 Å². The monoisotopic (exact) mass is 499 g/mol. The molecule has 0 bridgehead atoms. The number of fused-ring (bicyclic) bond motifs is 1. The Morgan fingerprint density at radius 2 is 1.75 bits per heavy atom. The Hall–Kier alpha value is -2.09. The third-order valence-corrected chi connectivity index (χ3v) is 8.72. The topological polar surface area (TPSA) is 71.0 Å². The van der Waals surface area contributed by atoms with Gasteiger partial charge >= 0.3 is 12.1 Å². The predicted molar refractivity (Wildman–Crippen MR) is 141 cm³/mol. The van der Waals surface area contributed by atoms with Crippen molar-refractivity contribution in [2.24, 2.45) is 5.41 Å². The molecule has 1 aromatic heterocycles. The fourth-order valence-corrected chi connectivity index (χ4v) is 6.57. The molecule has 0 radical (unpaired) electrons. The van der Waals surface area contributed by atoms with Crippen LogP contribution >= 0.6 is 0 Å². The number of likely N-dealkylation sites (N-methyl/N-ethyl adjacent to an activating group) is 1. The molecule has 4 aliphatic rings. The van der Waals surface area contributed by atoms with Crippen LogP contribution in [0.2, 0.25) is 0 Å². The largest absolute Gasteiger partial charge is 0.462 e. The number of carbonyl (C=O) groups is 1. The van der Waals surface area contributed by atoms with Crippen molar-refractivity contribution in [3.05, 3.63) is 11.3 Å². The highest BCUT2D eigenvalue weighted by atomic mass is 16.6. The summed E-state index contributed by atoms with van der Waals surface area (Å²) in [5.41, 5.74) is 2.45. The van der Waals surface area contributed by atoms with Crippen LogP contribution < -0.4 is 9.64 Å². The number of piperazine rings is 1. The van der Waals surface area contributed by atoms with Gasteiger partial charge in [-0.3, -0.25) is 0 Å². The summed E-state index contributed by atoms with van der Waals surface area (Å²) >= 11 is 0. The number of rotatable bonds is 4. The van der Waals surface area contributed by atoms with Crippen molar-refractivity contribution >= 4 is 11.9 Å². The fraction of sp³-hybridized carbons (Fsp3) is 0.821. The minimum atomic E-state index is -0.478. The van der Waals surface area contributed by atoms with Crippen LogP contribution in [-0.4, -0.2) is 83.9 Å². The maximum Gasteiger partial charge on any atom is 0.410 e. The highest BCUT2D eigenvalue weighted by Gasteiger charge is 2.39. The van der Waals surface area contributed by atoms with Gasteiger partial charge in [0, 0.05) is 37.8 Å². The van der Waals surface area contributed by atoms with Gasteiger partial charge in [-0.2, -0.15) is 9.97 Å². The Bertz CT molecular complexity index is 932. The van der Waals surface area contributed by atoms with Crippen molar-refractivity contribution in [2.75, 3.05) is 51.3 Å². The van der Waals surface area contributed by atoms with Crippen LogP contribution in [0.15, 0.2) is 0 Å². The van der Waals surface area contributed by atoms with Crippen molar-refractivity contribution in [3.8, 4) is 6.01 Å². The van der Waals surface area contributed by atoms with Crippen LogP contribution in [0.3, 0.4) is 0 Å². The number of amides is 1. The number of hydrogen-bond acceptors (Lipinski definition) is 7. The molecule has 1 atom stereocenters. The molecule has 2 saturated heterocycles. The predicted octanol–water partition coefficient (Wildman–Crippen LogP) is 4.45. The van der Waals surface area contributed by atoms with Gasteiger partial charge in [-0.25, -0.2) is 4.79 Å². The molecule has 1 aromatic rings. The Labute approximate surface area is 216 Å². The molecular formula is C28H45N5O3. The number of anilines is 1. The second-order valence-corrected chi connectivity index (χ2v) is 12.5. The maximum atomic E-state index is 12.6. The van der Waals surface area contributed by atoms with Crippen molar-refractivity contribution in [1.82, 2.24) is 19.8 Å². The molecule has 1 saturated carbocycles. The summed E-state index contributed by atoms with van der Waals surface area (Å²) in [5, 5.41) is 0. The highest BCUT2D eigenvalue weighted by molar-refractivity contribution is 5.68. The van der Waals surface area contributed by atoms with Crippen LogP contribution in [0.5, 0.6) is 6.01 Å². The van der Waals surface area contributed by atoms with Gasteiger partial charge in [0.15, 0.2) is 0 Å². The molecule has 36 heavy (non-hydrogen) atoms. The first-order valence-electron chi connectivity index (χ1n) is 14.2. The van der Waals surface area contributed by atoms with Gasteiger partial charge in [0.2, 0.25) is 0 Å². The molecule has 0 N–H and O–H groups in total. The minimum Gasteiger partial charge on any atom is -0.462 e. The van der Waals surface area contributed by atoms with E-state index in [0.717, 1.165) is 38.3 Å². The van der Waals surface area contributed by atoms with Gasteiger partial charge in [-0.15, -0.1) is 0 Å². The van der Waals surface area contributed by atoms with E-state index in [-0.39, 0.29) is 6.09 Å². The molecule has 2 aliphatic heterocycles. The van der Waals surface area contributed by atoms with Crippen LogP contribution in [0, 0.1) is 5.41 Å². The van der Waals surface area contributed by atoms with Crippen LogP contribution in [0.1, 0.15) is 83.4 Å². The molecule has 1 spiro atoms. The van der Waals surface area contributed by atoms with E-state index >= 15 is 0 Å². The maximum absolute atomic E-state index is 12.6. The van der Waals surface area contributed by atoms with Gasteiger partial charge in [-0.05, 0) is 84.7 Å². The number of nitrogens with zero attached hydrogens (tertiary/aromatic N) is 5. The molecule has 200 valence electrons. The van der Waals surface area contributed by atoms with Crippen LogP contribution in [0.25, 0.3) is 0 Å². The molecule has 8 heteroatoms. The lowest BCUT2D eigenvalue weighted by atomic mass is 9.65. The molecule has 3 fully saturated rings. The smallest absolute Gasteiger partial charge is 0.410 e. The summed E-state index contributed by atoms with van der Waals surface area (Å²) in [6.07, 6.45) is 12.2. The molecular weight excluding hydrogens is 454 g/mol. The second kappa shape index (κ2) is 10.3. The standard InChI is InChI=1S/C28H45N5O3/c1-27(2,3)36-26(34)33-17-15-32(16-18-33)24-22-10-13-28(11-6-5-7-12-28)19-23(22)29-25(30-24)35-20-21-9-8-14-31(21)4/h21H,5-20H2,1-4H3/t21-/m0/s1. The quantitative estimate of drug-likeness (QED) is 0.606. The summed E-state index contributed by atoms with van der Waals surface area (Å²) in [6, 6.07) is 0.974. The first kappa shape index (κ1) is 25.6. The third-order valence-electron chi connectivity index (χ3n) is 8.72. The average molecular weight is 500 g/mol. The van der Waals surface area contributed by atoms with E-state index in [9.17, 15) is 4.79 Å². The summed E-state index contributed by atoms with van der Waals surface area (Å²) in [7, 11) is 2.18. The summed E-state index contributed by atoms with van der Waals surface area (Å²) in [5.74, 6) is 1.03. The van der Waals surface area contributed by atoms with E-state index in [1.54, 1.807) is 0 Å². The minimum absolute atomic E-state index is 0.226. The summed E-state index contributed by atoms with van der Waals surface area (Å²) in [4.78, 5) is 29.2. The van der Waals surface area contributed by atoms with Gasteiger partial charge < -0.3 is 24.2 Å². The Morgan fingerprint density at radius 3 is 2.42 bits per heavy atom. The number of likely N-dealkylation sites (tertiary alicyclic amines) is 1. The zero-order valence-corrected chi connectivity index (χ0v) is 22.9. The Kier molecular flexibility index (Phi) is 7.34. The van der Waals surface area contributed by atoms with E-state index in [2.05, 4.69) is 16.8 Å². The first-order valence-corrected chi connectivity index (χ1v) is 14.2.